The Morgan fingerprint density at radius 3 is 2.92 bits per heavy atom. The zero-order chi connectivity index (χ0) is 16.9. The lowest BCUT2D eigenvalue weighted by atomic mass is 10.0. The lowest BCUT2D eigenvalue weighted by molar-refractivity contribution is 0.0935. The third-order valence-corrected chi connectivity index (χ3v) is 4.10. The maximum atomic E-state index is 12.3. The number of nitrogens with one attached hydrogen (secondary N) is 2. The molecule has 0 saturated heterocycles. The highest BCUT2D eigenvalue weighted by atomic mass is 35.5. The van der Waals surface area contributed by atoms with Crippen LogP contribution in [0.25, 0.3) is 10.9 Å². The highest BCUT2D eigenvalue weighted by Gasteiger charge is 2.14. The molecule has 3 rings (SSSR count). The summed E-state index contributed by atoms with van der Waals surface area (Å²) < 4.78 is 0. The van der Waals surface area contributed by atoms with Crippen LogP contribution in [0.3, 0.4) is 0 Å². The standard InChI is InChI=1S/C18H18ClN3O2/c19-14-4-5-16-13(8-14)9-17(22-16)18(24)21-10-12(11-23)7-15-3-1-2-6-20-15/h1-6,8-9,12,22-23H,7,10-11H2,(H,21,24). The van der Waals surface area contributed by atoms with Crippen LogP contribution in [0.15, 0.2) is 48.7 Å². The van der Waals surface area contributed by atoms with Crippen LogP contribution in [-0.4, -0.2) is 34.1 Å². The number of carbonyl (C=O) groups is 1. The van der Waals surface area contributed by atoms with Crippen LogP contribution >= 0.6 is 11.6 Å². The molecule has 3 N–H and O–H groups in total. The van der Waals surface area contributed by atoms with Crippen molar-refractivity contribution >= 4 is 28.4 Å². The van der Waals surface area contributed by atoms with Gasteiger partial charge in [0.1, 0.15) is 5.69 Å². The molecule has 0 bridgehead atoms. The predicted molar refractivity (Wildman–Crippen MR) is 94.2 cm³/mol. The highest BCUT2D eigenvalue weighted by Crippen LogP contribution is 2.20. The number of nitrogens with zero attached hydrogens (tertiary/aromatic N) is 1. The monoisotopic (exact) mass is 343 g/mol. The molecule has 0 aliphatic rings. The third kappa shape index (κ3) is 3.93. The van der Waals surface area contributed by atoms with Gasteiger partial charge in [0.25, 0.3) is 5.91 Å². The van der Waals surface area contributed by atoms with Gasteiger partial charge in [-0.15, -0.1) is 0 Å². The SMILES string of the molecule is O=C(NCC(CO)Cc1ccccn1)c1cc2cc(Cl)ccc2[nH]1. The van der Waals surface area contributed by atoms with E-state index in [9.17, 15) is 9.90 Å². The van der Waals surface area contributed by atoms with Crippen molar-refractivity contribution in [2.75, 3.05) is 13.2 Å². The summed E-state index contributed by atoms with van der Waals surface area (Å²) in [6, 6.07) is 12.9. The second-order valence-electron chi connectivity index (χ2n) is 5.70. The van der Waals surface area contributed by atoms with E-state index in [0.29, 0.717) is 23.7 Å². The van der Waals surface area contributed by atoms with Crippen LogP contribution in [-0.2, 0) is 6.42 Å². The van der Waals surface area contributed by atoms with Gasteiger partial charge in [-0.1, -0.05) is 17.7 Å². The van der Waals surface area contributed by atoms with Gasteiger partial charge in [-0.25, -0.2) is 0 Å². The van der Waals surface area contributed by atoms with Crippen molar-refractivity contribution in [1.29, 1.82) is 0 Å². The van der Waals surface area contributed by atoms with E-state index in [2.05, 4.69) is 15.3 Å². The summed E-state index contributed by atoms with van der Waals surface area (Å²) in [5.74, 6) is -0.288. The molecule has 2 aromatic heterocycles. The fraction of sp³-hybridized carbons (Fsp3) is 0.222. The van der Waals surface area contributed by atoms with E-state index in [1.54, 1.807) is 18.3 Å². The van der Waals surface area contributed by atoms with Gasteiger partial charge < -0.3 is 15.4 Å². The van der Waals surface area contributed by atoms with Crippen molar-refractivity contribution in [1.82, 2.24) is 15.3 Å². The molecular formula is C18H18ClN3O2. The van der Waals surface area contributed by atoms with E-state index in [0.717, 1.165) is 16.6 Å². The first-order valence-corrected chi connectivity index (χ1v) is 8.11. The van der Waals surface area contributed by atoms with Gasteiger partial charge >= 0.3 is 0 Å². The average molecular weight is 344 g/mol. The minimum Gasteiger partial charge on any atom is -0.396 e. The first kappa shape index (κ1) is 16.5. The number of aromatic nitrogens is 2. The molecule has 0 radical (unpaired) electrons. The van der Waals surface area contributed by atoms with E-state index in [1.165, 1.54) is 0 Å². The minimum absolute atomic E-state index is 0.0147. The highest BCUT2D eigenvalue weighted by molar-refractivity contribution is 6.31. The minimum atomic E-state index is -0.207. The summed E-state index contributed by atoms with van der Waals surface area (Å²) in [5, 5.41) is 13.9. The number of carbonyl (C=O) groups excluding carboxylic acids is 1. The van der Waals surface area contributed by atoms with Gasteiger partial charge in [-0.3, -0.25) is 9.78 Å². The van der Waals surface area contributed by atoms with Crippen LogP contribution in [0.4, 0.5) is 0 Å². The maximum Gasteiger partial charge on any atom is 0.267 e. The molecule has 3 aromatic rings. The van der Waals surface area contributed by atoms with Crippen LogP contribution in [0, 0.1) is 5.92 Å². The topological polar surface area (TPSA) is 78.0 Å². The van der Waals surface area contributed by atoms with Crippen molar-refractivity contribution in [2.45, 2.75) is 6.42 Å². The lowest BCUT2D eigenvalue weighted by Crippen LogP contribution is -2.32. The van der Waals surface area contributed by atoms with E-state index >= 15 is 0 Å². The number of aromatic amines is 1. The smallest absolute Gasteiger partial charge is 0.267 e. The molecule has 5 nitrogen and oxygen atoms in total. The molecule has 0 aliphatic carbocycles. The summed E-state index contributed by atoms with van der Waals surface area (Å²) in [5.41, 5.74) is 2.23. The van der Waals surface area contributed by atoms with Gasteiger partial charge in [0.15, 0.2) is 0 Å². The fourth-order valence-corrected chi connectivity index (χ4v) is 2.75. The van der Waals surface area contributed by atoms with Crippen molar-refractivity contribution in [3.05, 3.63) is 65.1 Å². The third-order valence-electron chi connectivity index (χ3n) is 3.86. The number of pyridine rings is 1. The molecule has 1 aromatic carbocycles. The number of aliphatic hydroxyl groups excluding tert-OH is 1. The number of halogens is 1. The van der Waals surface area contributed by atoms with Gasteiger partial charge in [0, 0.05) is 46.9 Å². The zero-order valence-corrected chi connectivity index (χ0v) is 13.8. The molecule has 2 heterocycles. The van der Waals surface area contributed by atoms with E-state index < -0.39 is 0 Å². The summed E-state index contributed by atoms with van der Waals surface area (Å²) in [6.07, 6.45) is 2.33. The zero-order valence-electron chi connectivity index (χ0n) is 13.0. The Hall–Kier alpha value is -2.37. The second-order valence-corrected chi connectivity index (χ2v) is 6.13. The summed E-state index contributed by atoms with van der Waals surface area (Å²) in [7, 11) is 0. The Kier molecular flexibility index (Phi) is 5.13. The van der Waals surface area contributed by atoms with Crippen LogP contribution in [0.1, 0.15) is 16.2 Å². The number of benzene rings is 1. The number of H-pyrrole nitrogens is 1. The first-order valence-electron chi connectivity index (χ1n) is 7.73. The van der Waals surface area contributed by atoms with E-state index in [4.69, 9.17) is 11.6 Å². The molecule has 0 aliphatic heterocycles. The number of amides is 1. The molecule has 124 valence electrons. The Morgan fingerprint density at radius 1 is 1.29 bits per heavy atom. The number of fused-ring (bicyclic) bond motifs is 1. The molecule has 0 fully saturated rings. The van der Waals surface area contributed by atoms with Crippen molar-refractivity contribution in [2.24, 2.45) is 5.92 Å². The normalized spacial score (nSPS) is 12.2. The van der Waals surface area contributed by atoms with Gasteiger partial charge in [0.05, 0.1) is 0 Å². The predicted octanol–water partition coefficient (Wildman–Crippen LogP) is 2.80. The molecule has 0 saturated carbocycles. The number of hydrogen-bond acceptors (Lipinski definition) is 3. The lowest BCUT2D eigenvalue weighted by Gasteiger charge is -2.14. The van der Waals surface area contributed by atoms with E-state index in [-0.39, 0.29) is 18.4 Å². The fourth-order valence-electron chi connectivity index (χ4n) is 2.57. The van der Waals surface area contributed by atoms with Gasteiger partial charge in [0.2, 0.25) is 0 Å². The first-order chi connectivity index (χ1) is 11.7. The molecule has 6 heteroatoms. The van der Waals surface area contributed by atoms with Gasteiger partial charge in [-0.2, -0.15) is 0 Å². The Balaban J connectivity index is 1.62. The van der Waals surface area contributed by atoms with Crippen LogP contribution < -0.4 is 5.32 Å². The molecule has 0 spiro atoms. The molecular weight excluding hydrogens is 326 g/mol. The Morgan fingerprint density at radius 2 is 2.17 bits per heavy atom. The second kappa shape index (κ2) is 7.47. The van der Waals surface area contributed by atoms with Gasteiger partial charge in [-0.05, 0) is 42.8 Å². The Bertz CT molecular complexity index is 833. The largest absolute Gasteiger partial charge is 0.396 e. The van der Waals surface area contributed by atoms with Crippen LogP contribution in [0.2, 0.25) is 5.02 Å². The van der Waals surface area contributed by atoms with Crippen LogP contribution in [0.5, 0.6) is 0 Å². The summed E-state index contributed by atoms with van der Waals surface area (Å²) >= 11 is 5.96. The number of rotatable bonds is 6. The quantitative estimate of drug-likeness (QED) is 0.644. The maximum absolute atomic E-state index is 12.3. The van der Waals surface area contributed by atoms with Crippen molar-refractivity contribution in [3.8, 4) is 0 Å². The Labute approximate surface area is 144 Å². The number of aliphatic hydroxyl groups is 1. The van der Waals surface area contributed by atoms with E-state index in [1.807, 2.05) is 30.3 Å². The molecule has 1 unspecified atom stereocenters. The molecule has 1 amide bonds. The van der Waals surface area contributed by atoms with Crippen molar-refractivity contribution in [3.63, 3.8) is 0 Å². The number of hydrogen-bond donors (Lipinski definition) is 3. The molecule has 1 atom stereocenters. The summed E-state index contributed by atoms with van der Waals surface area (Å²) in [4.78, 5) is 19.6. The molecule has 24 heavy (non-hydrogen) atoms. The van der Waals surface area contributed by atoms with Crippen molar-refractivity contribution < 1.29 is 9.90 Å². The summed E-state index contributed by atoms with van der Waals surface area (Å²) in [6.45, 7) is 0.362. The average Bonchev–Trinajstić information content (AvgIpc) is 3.02.